The fourth-order valence-corrected chi connectivity index (χ4v) is 2.28. The summed E-state index contributed by atoms with van der Waals surface area (Å²) >= 11 is 0. The van der Waals surface area contributed by atoms with Crippen LogP contribution in [0.25, 0.3) is 0 Å². The van der Waals surface area contributed by atoms with Crippen molar-refractivity contribution in [3.63, 3.8) is 0 Å². The molecular weight excluding hydrogens is 274 g/mol. The molecule has 0 spiro atoms. The first-order valence-electron chi connectivity index (χ1n) is 7.50. The first-order valence-corrected chi connectivity index (χ1v) is 7.50. The van der Waals surface area contributed by atoms with E-state index in [0.717, 1.165) is 11.1 Å². The number of hydrogen-bond donors (Lipinski definition) is 0. The summed E-state index contributed by atoms with van der Waals surface area (Å²) in [6.45, 7) is 2.64. The maximum atomic E-state index is 12.4. The van der Waals surface area contributed by atoms with Gasteiger partial charge in [-0.2, -0.15) is 0 Å². The molecule has 2 rings (SSSR count). The van der Waals surface area contributed by atoms with Crippen molar-refractivity contribution in [1.29, 1.82) is 0 Å². The Morgan fingerprint density at radius 1 is 0.773 bits per heavy atom. The summed E-state index contributed by atoms with van der Waals surface area (Å²) in [5.74, 6) is 0.0654. The highest BCUT2D eigenvalue weighted by molar-refractivity contribution is 5.83. The summed E-state index contributed by atoms with van der Waals surface area (Å²) in [4.78, 5) is 25.4. The smallest absolute Gasteiger partial charge is 0.223 e. The molecule has 0 fully saturated rings. The number of Topliss-reactive ketones (excluding diaryl/α,β-unsaturated/α-hetero) is 1. The molecule has 114 valence electrons. The molecule has 0 bridgehead atoms. The van der Waals surface area contributed by atoms with Crippen molar-refractivity contribution in [2.75, 3.05) is 0 Å². The first-order chi connectivity index (χ1) is 10.6. The molecule has 2 aromatic rings. The second kappa shape index (κ2) is 8.13. The molecule has 1 amide bonds. The Hall–Kier alpha value is -2.42. The van der Waals surface area contributed by atoms with Crippen molar-refractivity contribution in [3.8, 4) is 0 Å². The number of nitrogens with zero attached hydrogens (tertiary/aromatic N) is 1. The number of ketones is 1. The molecule has 0 aliphatic rings. The molecule has 0 saturated heterocycles. The third-order valence-corrected chi connectivity index (χ3v) is 3.48. The molecule has 0 aromatic heterocycles. The van der Waals surface area contributed by atoms with Crippen LogP contribution in [0, 0.1) is 0 Å². The zero-order chi connectivity index (χ0) is 15.8. The van der Waals surface area contributed by atoms with Crippen LogP contribution in [0.2, 0.25) is 0 Å². The fourth-order valence-electron chi connectivity index (χ4n) is 2.28. The highest BCUT2D eigenvalue weighted by atomic mass is 16.2. The third kappa shape index (κ3) is 5.17. The van der Waals surface area contributed by atoms with Crippen molar-refractivity contribution >= 4 is 11.7 Å². The Kier molecular flexibility index (Phi) is 5.90. The summed E-state index contributed by atoms with van der Waals surface area (Å²) in [6, 6.07) is 19.8. The highest BCUT2D eigenvalue weighted by Gasteiger charge is 2.15. The average molecular weight is 295 g/mol. The van der Waals surface area contributed by atoms with Crippen molar-refractivity contribution in [2.45, 2.75) is 32.9 Å². The largest absolute Gasteiger partial charge is 0.334 e. The van der Waals surface area contributed by atoms with E-state index in [0.29, 0.717) is 19.5 Å². The van der Waals surface area contributed by atoms with Gasteiger partial charge in [0.05, 0.1) is 0 Å². The van der Waals surface area contributed by atoms with E-state index in [1.54, 1.807) is 0 Å². The van der Waals surface area contributed by atoms with E-state index in [-0.39, 0.29) is 18.1 Å². The Balaban J connectivity index is 2.09. The van der Waals surface area contributed by atoms with Gasteiger partial charge in [-0.05, 0) is 18.1 Å². The molecule has 3 heteroatoms. The summed E-state index contributed by atoms with van der Waals surface area (Å²) < 4.78 is 0. The van der Waals surface area contributed by atoms with Crippen LogP contribution < -0.4 is 0 Å². The molecule has 0 aliphatic carbocycles. The normalized spacial score (nSPS) is 10.2. The fraction of sp³-hybridized carbons (Fsp3) is 0.263. The molecule has 0 saturated carbocycles. The van der Waals surface area contributed by atoms with E-state index in [4.69, 9.17) is 0 Å². The molecule has 0 aliphatic heterocycles. The Labute approximate surface area is 131 Å². The summed E-state index contributed by atoms with van der Waals surface area (Å²) in [5, 5.41) is 0. The Bertz CT molecular complexity index is 566. The zero-order valence-electron chi connectivity index (χ0n) is 12.9. The van der Waals surface area contributed by atoms with Gasteiger partial charge in [-0.1, -0.05) is 60.7 Å². The van der Waals surface area contributed by atoms with Crippen molar-refractivity contribution in [2.24, 2.45) is 0 Å². The zero-order valence-corrected chi connectivity index (χ0v) is 12.9. The lowest BCUT2D eigenvalue weighted by molar-refractivity contribution is -0.134. The standard InChI is InChI=1S/C19H21NO2/c1-16(21)12-13-19(22)20(14-17-8-4-2-5-9-17)15-18-10-6-3-7-11-18/h2-11H,12-15H2,1H3. The van der Waals surface area contributed by atoms with Gasteiger partial charge in [-0.3, -0.25) is 4.79 Å². The maximum Gasteiger partial charge on any atom is 0.223 e. The molecule has 0 unspecified atom stereocenters. The van der Waals surface area contributed by atoms with Crippen molar-refractivity contribution in [1.82, 2.24) is 4.90 Å². The molecule has 0 heterocycles. The second-order valence-electron chi connectivity index (χ2n) is 5.42. The monoisotopic (exact) mass is 295 g/mol. The number of rotatable bonds is 7. The van der Waals surface area contributed by atoms with Crippen LogP contribution in [-0.2, 0) is 22.7 Å². The lowest BCUT2D eigenvalue weighted by Gasteiger charge is -2.23. The summed E-state index contributed by atoms with van der Waals surface area (Å²) in [6.07, 6.45) is 0.577. The van der Waals surface area contributed by atoms with E-state index in [1.165, 1.54) is 6.92 Å². The summed E-state index contributed by atoms with van der Waals surface area (Å²) in [5.41, 5.74) is 2.18. The molecule has 0 radical (unpaired) electrons. The predicted octanol–water partition coefficient (Wildman–Crippen LogP) is 3.58. The number of hydrogen-bond acceptors (Lipinski definition) is 2. The number of carbonyl (C=O) groups excluding carboxylic acids is 2. The third-order valence-electron chi connectivity index (χ3n) is 3.48. The molecule has 0 atom stereocenters. The van der Waals surface area contributed by atoms with Gasteiger partial charge in [-0.25, -0.2) is 0 Å². The average Bonchev–Trinajstić information content (AvgIpc) is 2.54. The van der Waals surface area contributed by atoms with Crippen molar-refractivity contribution < 1.29 is 9.59 Å². The van der Waals surface area contributed by atoms with E-state index in [9.17, 15) is 9.59 Å². The quantitative estimate of drug-likeness (QED) is 0.783. The maximum absolute atomic E-state index is 12.4. The van der Waals surface area contributed by atoms with Gasteiger partial charge in [0.1, 0.15) is 5.78 Å². The van der Waals surface area contributed by atoms with Crippen LogP contribution in [-0.4, -0.2) is 16.6 Å². The van der Waals surface area contributed by atoms with Crippen LogP contribution in [0.15, 0.2) is 60.7 Å². The molecular formula is C19H21NO2. The van der Waals surface area contributed by atoms with Gasteiger partial charge in [0, 0.05) is 25.9 Å². The van der Waals surface area contributed by atoms with Gasteiger partial charge < -0.3 is 9.69 Å². The van der Waals surface area contributed by atoms with E-state index in [2.05, 4.69) is 0 Å². The van der Waals surface area contributed by atoms with Crippen LogP contribution in [0.4, 0.5) is 0 Å². The van der Waals surface area contributed by atoms with Gasteiger partial charge in [0.25, 0.3) is 0 Å². The van der Waals surface area contributed by atoms with E-state index in [1.807, 2.05) is 65.6 Å². The highest BCUT2D eigenvalue weighted by Crippen LogP contribution is 2.12. The van der Waals surface area contributed by atoms with Gasteiger partial charge >= 0.3 is 0 Å². The molecule has 0 N–H and O–H groups in total. The minimum absolute atomic E-state index is 0.0166. The van der Waals surface area contributed by atoms with Crippen LogP contribution in [0.1, 0.15) is 30.9 Å². The molecule has 2 aromatic carbocycles. The van der Waals surface area contributed by atoms with Crippen molar-refractivity contribution in [3.05, 3.63) is 71.8 Å². The number of carbonyl (C=O) groups is 2. The topological polar surface area (TPSA) is 37.4 Å². The minimum atomic E-state index is 0.0166. The number of amides is 1. The van der Waals surface area contributed by atoms with E-state index < -0.39 is 0 Å². The van der Waals surface area contributed by atoms with Gasteiger partial charge in [0.2, 0.25) is 5.91 Å². The summed E-state index contributed by atoms with van der Waals surface area (Å²) in [7, 11) is 0. The Morgan fingerprint density at radius 2 is 1.23 bits per heavy atom. The minimum Gasteiger partial charge on any atom is -0.334 e. The van der Waals surface area contributed by atoms with Gasteiger partial charge in [-0.15, -0.1) is 0 Å². The molecule has 22 heavy (non-hydrogen) atoms. The van der Waals surface area contributed by atoms with E-state index >= 15 is 0 Å². The SMILES string of the molecule is CC(=O)CCC(=O)N(Cc1ccccc1)Cc1ccccc1. The second-order valence-corrected chi connectivity index (χ2v) is 5.42. The van der Waals surface area contributed by atoms with Crippen LogP contribution in [0.5, 0.6) is 0 Å². The van der Waals surface area contributed by atoms with Gasteiger partial charge in [0.15, 0.2) is 0 Å². The number of benzene rings is 2. The van der Waals surface area contributed by atoms with Crippen LogP contribution >= 0.6 is 0 Å². The predicted molar refractivity (Wildman–Crippen MR) is 87.1 cm³/mol. The lowest BCUT2D eigenvalue weighted by Crippen LogP contribution is -2.30. The Morgan fingerprint density at radius 3 is 1.64 bits per heavy atom. The molecule has 3 nitrogen and oxygen atoms in total. The van der Waals surface area contributed by atoms with Crippen LogP contribution in [0.3, 0.4) is 0 Å². The first kappa shape index (κ1) is 16.0. The lowest BCUT2D eigenvalue weighted by atomic mass is 10.1.